The van der Waals surface area contributed by atoms with Crippen molar-refractivity contribution in [1.29, 1.82) is 0 Å². The third kappa shape index (κ3) is 2.77. The number of aryl methyl sites for hydroxylation is 2. The Bertz CT molecular complexity index is 749. The number of anilines is 2. The number of amides is 3. The van der Waals surface area contributed by atoms with Crippen LogP contribution in [0.1, 0.15) is 23.9 Å². The van der Waals surface area contributed by atoms with Gasteiger partial charge in [0.25, 0.3) is 0 Å². The second-order valence-corrected chi connectivity index (χ2v) is 5.58. The number of rotatable bonds is 1. The number of benzene rings is 1. The first-order chi connectivity index (χ1) is 11.0. The summed E-state index contributed by atoms with van der Waals surface area (Å²) in [4.78, 5) is 26.4. The molecule has 23 heavy (non-hydrogen) atoms. The van der Waals surface area contributed by atoms with Crippen LogP contribution in [-0.4, -0.2) is 28.0 Å². The van der Waals surface area contributed by atoms with E-state index in [-0.39, 0.29) is 11.9 Å². The second kappa shape index (κ2) is 5.75. The van der Waals surface area contributed by atoms with Crippen LogP contribution in [0.5, 0.6) is 0 Å². The Morgan fingerprint density at radius 3 is 2.83 bits per heavy atom. The monoisotopic (exact) mass is 314 g/mol. The zero-order valence-corrected chi connectivity index (χ0v) is 13.2. The van der Waals surface area contributed by atoms with E-state index in [1.165, 1.54) is 4.90 Å². The number of carbonyl (C=O) groups is 2. The first-order valence-electron chi connectivity index (χ1n) is 7.36. The van der Waals surface area contributed by atoms with E-state index in [9.17, 15) is 9.59 Å². The molecule has 0 radical (unpaired) electrons. The van der Waals surface area contributed by atoms with E-state index in [1.54, 1.807) is 20.8 Å². The highest BCUT2D eigenvalue weighted by atomic mass is 16.5. The van der Waals surface area contributed by atoms with Crippen molar-refractivity contribution in [2.75, 3.05) is 10.6 Å². The molecule has 0 spiro atoms. The Morgan fingerprint density at radius 1 is 1.39 bits per heavy atom. The number of aromatic nitrogens is 1. The predicted molar refractivity (Wildman–Crippen MR) is 85.1 cm³/mol. The number of nitrogens with zero attached hydrogens (tertiary/aromatic N) is 2. The highest BCUT2D eigenvalue weighted by Gasteiger charge is 2.30. The summed E-state index contributed by atoms with van der Waals surface area (Å²) in [6.45, 7) is 5.52. The van der Waals surface area contributed by atoms with Crippen LogP contribution < -0.4 is 10.6 Å². The molecule has 7 heteroatoms. The van der Waals surface area contributed by atoms with E-state index in [0.29, 0.717) is 23.7 Å². The molecule has 1 unspecified atom stereocenters. The Morgan fingerprint density at radius 2 is 2.13 bits per heavy atom. The number of carbonyl (C=O) groups excluding carboxylic acids is 2. The van der Waals surface area contributed by atoms with E-state index in [0.717, 1.165) is 11.3 Å². The molecule has 1 aliphatic heterocycles. The molecule has 2 N–H and O–H groups in total. The van der Waals surface area contributed by atoms with Crippen molar-refractivity contribution in [3.63, 3.8) is 0 Å². The maximum absolute atomic E-state index is 12.7. The fraction of sp³-hybridized carbons (Fsp3) is 0.312. The van der Waals surface area contributed by atoms with Gasteiger partial charge in [-0.05, 0) is 32.4 Å². The number of fused-ring (bicyclic) bond motifs is 1. The predicted octanol–water partition coefficient (Wildman–Crippen LogP) is 2.67. The molecular formula is C16H18N4O3. The summed E-state index contributed by atoms with van der Waals surface area (Å²) >= 11 is 0. The first kappa shape index (κ1) is 15.1. The van der Waals surface area contributed by atoms with Crippen LogP contribution in [0.25, 0.3) is 0 Å². The van der Waals surface area contributed by atoms with Gasteiger partial charge in [0.1, 0.15) is 17.4 Å². The van der Waals surface area contributed by atoms with Gasteiger partial charge in [-0.2, -0.15) is 0 Å². The van der Waals surface area contributed by atoms with Crippen LogP contribution >= 0.6 is 0 Å². The molecule has 1 aromatic heterocycles. The molecule has 1 aromatic carbocycles. The van der Waals surface area contributed by atoms with Crippen molar-refractivity contribution in [3.8, 4) is 0 Å². The van der Waals surface area contributed by atoms with Crippen molar-refractivity contribution in [2.45, 2.75) is 33.4 Å². The molecule has 2 heterocycles. The SMILES string of the molecule is Cc1noc(C)c1NC(=O)N1Cc2ccccc2NC(=O)C1C. The van der Waals surface area contributed by atoms with Gasteiger partial charge in [-0.1, -0.05) is 23.4 Å². The van der Waals surface area contributed by atoms with Gasteiger partial charge >= 0.3 is 6.03 Å². The zero-order chi connectivity index (χ0) is 16.6. The third-order valence-corrected chi connectivity index (χ3v) is 3.99. The van der Waals surface area contributed by atoms with Gasteiger partial charge in [-0.3, -0.25) is 4.79 Å². The fourth-order valence-corrected chi connectivity index (χ4v) is 2.57. The molecule has 1 atom stereocenters. The minimum absolute atomic E-state index is 0.219. The van der Waals surface area contributed by atoms with Gasteiger partial charge in [0, 0.05) is 5.69 Å². The van der Waals surface area contributed by atoms with E-state index in [4.69, 9.17) is 4.52 Å². The van der Waals surface area contributed by atoms with Crippen LogP contribution in [0.15, 0.2) is 28.8 Å². The van der Waals surface area contributed by atoms with E-state index in [1.807, 2.05) is 24.3 Å². The Kier molecular flexibility index (Phi) is 3.77. The van der Waals surface area contributed by atoms with Gasteiger partial charge in [-0.25, -0.2) is 4.79 Å². The maximum atomic E-state index is 12.7. The second-order valence-electron chi connectivity index (χ2n) is 5.58. The Hall–Kier alpha value is -2.83. The number of hydrogen-bond acceptors (Lipinski definition) is 4. The molecule has 0 fully saturated rings. The summed E-state index contributed by atoms with van der Waals surface area (Å²) in [5.74, 6) is 0.312. The molecule has 0 saturated heterocycles. The van der Waals surface area contributed by atoms with E-state index >= 15 is 0 Å². The average Bonchev–Trinajstić information content (AvgIpc) is 2.77. The average molecular weight is 314 g/mol. The van der Waals surface area contributed by atoms with Crippen LogP contribution in [0, 0.1) is 13.8 Å². The normalized spacial score (nSPS) is 17.3. The fourth-order valence-electron chi connectivity index (χ4n) is 2.57. The van der Waals surface area contributed by atoms with Crippen molar-refractivity contribution in [2.24, 2.45) is 0 Å². The Labute approximate surface area is 133 Å². The highest BCUT2D eigenvalue weighted by Crippen LogP contribution is 2.25. The maximum Gasteiger partial charge on any atom is 0.322 e. The number of para-hydroxylation sites is 1. The van der Waals surface area contributed by atoms with Gasteiger partial charge < -0.3 is 20.1 Å². The zero-order valence-electron chi connectivity index (χ0n) is 13.2. The molecular weight excluding hydrogens is 296 g/mol. The lowest BCUT2D eigenvalue weighted by Crippen LogP contribution is -2.45. The summed E-state index contributed by atoms with van der Waals surface area (Å²) in [7, 11) is 0. The van der Waals surface area contributed by atoms with Crippen molar-refractivity contribution in [3.05, 3.63) is 41.3 Å². The van der Waals surface area contributed by atoms with Crippen molar-refractivity contribution >= 4 is 23.3 Å². The first-order valence-corrected chi connectivity index (χ1v) is 7.36. The number of urea groups is 1. The van der Waals surface area contributed by atoms with Crippen LogP contribution in [0.2, 0.25) is 0 Å². The lowest BCUT2D eigenvalue weighted by atomic mass is 10.1. The highest BCUT2D eigenvalue weighted by molar-refractivity contribution is 6.00. The summed E-state index contributed by atoms with van der Waals surface area (Å²) in [6.07, 6.45) is 0. The summed E-state index contributed by atoms with van der Waals surface area (Å²) in [5, 5.41) is 9.45. The summed E-state index contributed by atoms with van der Waals surface area (Å²) < 4.78 is 5.05. The van der Waals surface area contributed by atoms with Gasteiger partial charge in [-0.15, -0.1) is 0 Å². The Balaban J connectivity index is 1.88. The molecule has 0 saturated carbocycles. The van der Waals surface area contributed by atoms with E-state index in [2.05, 4.69) is 15.8 Å². The lowest BCUT2D eigenvalue weighted by Gasteiger charge is -2.25. The topological polar surface area (TPSA) is 87.5 Å². The van der Waals surface area contributed by atoms with Crippen molar-refractivity contribution in [1.82, 2.24) is 10.1 Å². The minimum Gasteiger partial charge on any atom is -0.359 e. The van der Waals surface area contributed by atoms with Gasteiger partial charge in [0.2, 0.25) is 5.91 Å². The summed E-state index contributed by atoms with van der Waals surface area (Å²) in [5.41, 5.74) is 2.76. The summed E-state index contributed by atoms with van der Waals surface area (Å²) in [6, 6.07) is 6.50. The van der Waals surface area contributed by atoms with E-state index < -0.39 is 6.04 Å². The number of nitrogens with one attached hydrogen (secondary N) is 2. The molecule has 0 bridgehead atoms. The standard InChI is InChI=1S/C16H18N4O3/c1-9-14(11(3)23-19-9)18-16(22)20-8-12-6-4-5-7-13(12)17-15(21)10(20)2/h4-7,10H,8H2,1-3H3,(H,17,21)(H,18,22). The molecule has 3 amide bonds. The quantitative estimate of drug-likeness (QED) is 0.847. The molecule has 120 valence electrons. The van der Waals surface area contributed by atoms with Crippen LogP contribution in [0.3, 0.4) is 0 Å². The minimum atomic E-state index is -0.595. The van der Waals surface area contributed by atoms with Crippen LogP contribution in [0.4, 0.5) is 16.2 Å². The molecule has 3 rings (SSSR count). The number of hydrogen-bond donors (Lipinski definition) is 2. The van der Waals surface area contributed by atoms with Gasteiger partial charge in [0.05, 0.1) is 6.54 Å². The third-order valence-electron chi connectivity index (χ3n) is 3.99. The van der Waals surface area contributed by atoms with Crippen molar-refractivity contribution < 1.29 is 14.1 Å². The van der Waals surface area contributed by atoms with Gasteiger partial charge in [0.15, 0.2) is 5.76 Å². The largest absolute Gasteiger partial charge is 0.359 e. The molecule has 1 aliphatic rings. The lowest BCUT2D eigenvalue weighted by molar-refractivity contribution is -0.119. The smallest absolute Gasteiger partial charge is 0.322 e. The molecule has 2 aromatic rings. The molecule has 7 nitrogen and oxygen atoms in total. The molecule has 0 aliphatic carbocycles. The van der Waals surface area contributed by atoms with Crippen LogP contribution in [-0.2, 0) is 11.3 Å².